The van der Waals surface area contributed by atoms with Gasteiger partial charge in [-0.2, -0.15) is 0 Å². The summed E-state index contributed by atoms with van der Waals surface area (Å²) in [5.41, 5.74) is 5.40. The van der Waals surface area contributed by atoms with Crippen molar-refractivity contribution < 1.29 is 9.59 Å². The molecule has 0 bridgehead atoms. The predicted molar refractivity (Wildman–Crippen MR) is 52.3 cm³/mol. The molecule has 0 aliphatic rings. The summed E-state index contributed by atoms with van der Waals surface area (Å²) < 4.78 is 0. The van der Waals surface area contributed by atoms with Crippen molar-refractivity contribution in [3.05, 3.63) is 0 Å². The van der Waals surface area contributed by atoms with Gasteiger partial charge in [0.05, 0.1) is 6.04 Å². The van der Waals surface area contributed by atoms with Crippen molar-refractivity contribution in [2.45, 2.75) is 40.2 Å². The summed E-state index contributed by atoms with van der Waals surface area (Å²) in [7, 11) is 0. The van der Waals surface area contributed by atoms with Gasteiger partial charge >= 0.3 is 0 Å². The first-order valence-electron chi connectivity index (χ1n) is 4.68. The van der Waals surface area contributed by atoms with Crippen molar-refractivity contribution in [3.8, 4) is 0 Å². The highest BCUT2D eigenvalue weighted by Crippen LogP contribution is 2.11. The van der Waals surface area contributed by atoms with E-state index < -0.39 is 6.04 Å². The van der Waals surface area contributed by atoms with Gasteiger partial charge in [-0.25, -0.2) is 0 Å². The molecule has 0 rings (SSSR count). The smallest absolute Gasteiger partial charge is 0.149 e. The van der Waals surface area contributed by atoms with Crippen LogP contribution in [0.2, 0.25) is 0 Å². The summed E-state index contributed by atoms with van der Waals surface area (Å²) in [6.45, 7) is 7.11. The van der Waals surface area contributed by atoms with Crippen LogP contribution in [0.25, 0.3) is 0 Å². The minimum atomic E-state index is -0.456. The highest BCUT2D eigenvalue weighted by atomic mass is 16.1. The third kappa shape index (κ3) is 4.18. The first kappa shape index (κ1) is 12.3. The zero-order valence-electron chi connectivity index (χ0n) is 8.83. The van der Waals surface area contributed by atoms with Crippen LogP contribution in [-0.2, 0) is 9.59 Å². The molecule has 0 aromatic heterocycles. The highest BCUT2D eigenvalue weighted by molar-refractivity contribution is 5.90. The summed E-state index contributed by atoms with van der Waals surface area (Å²) in [5, 5.41) is 0. The molecule has 76 valence electrons. The maximum absolute atomic E-state index is 11.4. The number of rotatable bonds is 5. The molecule has 0 amide bonds. The van der Waals surface area contributed by atoms with Gasteiger partial charge in [-0.3, -0.25) is 9.59 Å². The molecule has 0 radical (unpaired) electrons. The van der Waals surface area contributed by atoms with Gasteiger partial charge in [0.2, 0.25) is 0 Å². The Morgan fingerprint density at radius 2 is 1.62 bits per heavy atom. The molecule has 0 unspecified atom stereocenters. The molecule has 0 aromatic rings. The average molecular weight is 185 g/mol. The van der Waals surface area contributed by atoms with Crippen LogP contribution in [0.5, 0.6) is 0 Å². The van der Waals surface area contributed by atoms with E-state index in [1.807, 2.05) is 13.8 Å². The van der Waals surface area contributed by atoms with Gasteiger partial charge in [-0.05, 0) is 6.92 Å². The van der Waals surface area contributed by atoms with Crippen molar-refractivity contribution in [2.24, 2.45) is 17.6 Å². The van der Waals surface area contributed by atoms with Crippen LogP contribution in [0, 0.1) is 11.8 Å². The van der Waals surface area contributed by atoms with Crippen LogP contribution in [0.1, 0.15) is 34.1 Å². The Balaban J connectivity index is 4.08. The lowest BCUT2D eigenvalue weighted by atomic mass is 9.91. The van der Waals surface area contributed by atoms with Crippen LogP contribution in [0.15, 0.2) is 0 Å². The van der Waals surface area contributed by atoms with Crippen molar-refractivity contribution in [3.63, 3.8) is 0 Å². The number of nitrogens with two attached hydrogens (primary N) is 1. The van der Waals surface area contributed by atoms with E-state index in [2.05, 4.69) is 0 Å². The predicted octanol–water partition coefficient (Wildman–Crippen LogP) is 1.15. The van der Waals surface area contributed by atoms with Crippen LogP contribution >= 0.6 is 0 Å². The molecule has 0 saturated carbocycles. The summed E-state index contributed by atoms with van der Waals surface area (Å²) >= 11 is 0. The van der Waals surface area contributed by atoms with Gasteiger partial charge in [0.25, 0.3) is 0 Å². The topological polar surface area (TPSA) is 60.2 Å². The van der Waals surface area contributed by atoms with E-state index >= 15 is 0 Å². The highest BCUT2D eigenvalue weighted by Gasteiger charge is 2.20. The lowest BCUT2D eigenvalue weighted by Crippen LogP contribution is -2.30. The van der Waals surface area contributed by atoms with E-state index in [0.717, 1.165) is 0 Å². The first-order chi connectivity index (χ1) is 5.86. The SMILES string of the molecule is CC(C)C(=O)[C@H](C)CC(=O)[C@H](C)N. The molecule has 2 N–H and O–H groups in total. The summed E-state index contributed by atoms with van der Waals surface area (Å²) in [6.07, 6.45) is 0.272. The van der Waals surface area contributed by atoms with Crippen molar-refractivity contribution in [1.29, 1.82) is 0 Å². The molecule has 13 heavy (non-hydrogen) atoms. The molecular formula is C10H19NO2. The van der Waals surface area contributed by atoms with E-state index in [1.165, 1.54) is 0 Å². The lowest BCUT2D eigenvalue weighted by molar-refractivity contribution is -0.129. The summed E-state index contributed by atoms with van der Waals surface area (Å²) in [6, 6.07) is -0.456. The summed E-state index contributed by atoms with van der Waals surface area (Å²) in [4.78, 5) is 22.6. The van der Waals surface area contributed by atoms with E-state index in [0.29, 0.717) is 0 Å². The molecule has 2 atom stereocenters. The monoisotopic (exact) mass is 185 g/mol. The lowest BCUT2D eigenvalue weighted by Gasteiger charge is -2.13. The van der Waals surface area contributed by atoms with Crippen molar-refractivity contribution >= 4 is 11.6 Å². The fourth-order valence-corrected chi connectivity index (χ4v) is 1.16. The third-order valence-corrected chi connectivity index (χ3v) is 2.07. The fraction of sp³-hybridized carbons (Fsp3) is 0.800. The molecule has 0 aromatic carbocycles. The molecule has 0 heterocycles. The molecule has 3 heteroatoms. The second kappa shape index (κ2) is 5.12. The molecule has 0 aliphatic carbocycles. The van der Waals surface area contributed by atoms with E-state index in [9.17, 15) is 9.59 Å². The van der Waals surface area contributed by atoms with Gasteiger partial charge in [0, 0.05) is 18.3 Å². The second-order valence-electron chi connectivity index (χ2n) is 3.92. The quantitative estimate of drug-likeness (QED) is 0.699. The Labute approximate surface area is 79.7 Å². The Morgan fingerprint density at radius 1 is 1.15 bits per heavy atom. The van der Waals surface area contributed by atoms with Gasteiger partial charge < -0.3 is 5.73 Å². The molecular weight excluding hydrogens is 166 g/mol. The van der Waals surface area contributed by atoms with E-state index in [1.54, 1.807) is 13.8 Å². The van der Waals surface area contributed by atoms with Crippen LogP contribution in [-0.4, -0.2) is 17.6 Å². The zero-order valence-corrected chi connectivity index (χ0v) is 8.83. The number of carbonyl (C=O) groups is 2. The molecule has 0 spiro atoms. The fourth-order valence-electron chi connectivity index (χ4n) is 1.16. The molecule has 0 saturated heterocycles. The Kier molecular flexibility index (Phi) is 4.85. The standard InChI is InChI=1S/C10H19NO2/c1-6(2)10(13)7(3)5-9(12)8(4)11/h6-8H,5,11H2,1-4H3/t7-,8+/m1/s1. The number of carbonyl (C=O) groups excluding carboxylic acids is 2. The first-order valence-corrected chi connectivity index (χ1v) is 4.68. The second-order valence-corrected chi connectivity index (χ2v) is 3.92. The Hall–Kier alpha value is -0.700. The van der Waals surface area contributed by atoms with Gasteiger partial charge in [-0.15, -0.1) is 0 Å². The maximum Gasteiger partial charge on any atom is 0.149 e. The largest absolute Gasteiger partial charge is 0.322 e. The van der Waals surface area contributed by atoms with Crippen molar-refractivity contribution in [1.82, 2.24) is 0 Å². The maximum atomic E-state index is 11.4. The van der Waals surface area contributed by atoms with Gasteiger partial charge in [-0.1, -0.05) is 20.8 Å². The van der Waals surface area contributed by atoms with Gasteiger partial charge in [0.1, 0.15) is 11.6 Å². The van der Waals surface area contributed by atoms with E-state index in [4.69, 9.17) is 5.73 Å². The summed E-state index contributed by atoms with van der Waals surface area (Å²) in [5.74, 6) is -0.107. The van der Waals surface area contributed by atoms with Crippen LogP contribution in [0.4, 0.5) is 0 Å². The van der Waals surface area contributed by atoms with Crippen LogP contribution < -0.4 is 5.73 Å². The number of Topliss-reactive ketones (excluding diaryl/α,β-unsaturated/α-hetero) is 2. The van der Waals surface area contributed by atoms with Crippen molar-refractivity contribution in [2.75, 3.05) is 0 Å². The normalized spacial score (nSPS) is 15.5. The molecule has 3 nitrogen and oxygen atoms in total. The van der Waals surface area contributed by atoms with E-state index in [-0.39, 0.29) is 29.8 Å². The minimum Gasteiger partial charge on any atom is -0.322 e. The molecule has 0 fully saturated rings. The minimum absolute atomic E-state index is 0.00381. The Bertz CT molecular complexity index is 197. The third-order valence-electron chi connectivity index (χ3n) is 2.07. The zero-order chi connectivity index (χ0) is 10.6. The molecule has 0 aliphatic heterocycles. The number of hydrogen-bond donors (Lipinski definition) is 1. The number of hydrogen-bond acceptors (Lipinski definition) is 3. The van der Waals surface area contributed by atoms with Gasteiger partial charge in [0.15, 0.2) is 0 Å². The number of ketones is 2. The average Bonchev–Trinajstić information content (AvgIpc) is 2.02. The van der Waals surface area contributed by atoms with Crippen LogP contribution in [0.3, 0.4) is 0 Å². The Morgan fingerprint density at radius 3 is 1.92 bits per heavy atom.